The van der Waals surface area contributed by atoms with E-state index in [1.165, 1.54) is 14.2 Å². The molecular weight excluding hydrogens is 286 g/mol. The van der Waals surface area contributed by atoms with Crippen molar-refractivity contribution in [2.75, 3.05) is 33.9 Å². The second kappa shape index (κ2) is 7.26. The van der Waals surface area contributed by atoms with Crippen molar-refractivity contribution in [1.29, 1.82) is 0 Å². The van der Waals surface area contributed by atoms with Gasteiger partial charge in [-0.05, 0) is 24.6 Å². The van der Waals surface area contributed by atoms with Gasteiger partial charge in [-0.3, -0.25) is 9.69 Å². The Morgan fingerprint density at radius 1 is 1.23 bits per heavy atom. The van der Waals surface area contributed by atoms with Gasteiger partial charge in [-0.25, -0.2) is 4.79 Å². The molecule has 1 aliphatic rings. The highest BCUT2D eigenvalue weighted by Crippen LogP contribution is 2.32. The van der Waals surface area contributed by atoms with Crippen LogP contribution in [0.15, 0.2) is 12.1 Å². The van der Waals surface area contributed by atoms with Crippen LogP contribution in [0.2, 0.25) is 0 Å². The van der Waals surface area contributed by atoms with Crippen molar-refractivity contribution in [2.45, 2.75) is 19.9 Å². The van der Waals surface area contributed by atoms with Gasteiger partial charge in [0.2, 0.25) is 0 Å². The Kier molecular flexibility index (Phi) is 5.38. The molecule has 0 radical (unpaired) electrons. The molecule has 6 heteroatoms. The van der Waals surface area contributed by atoms with E-state index in [2.05, 4.69) is 4.90 Å². The van der Waals surface area contributed by atoms with Crippen molar-refractivity contribution >= 4 is 11.8 Å². The van der Waals surface area contributed by atoms with E-state index in [1.54, 1.807) is 19.1 Å². The maximum atomic E-state index is 12.1. The van der Waals surface area contributed by atoms with Crippen LogP contribution in [-0.4, -0.2) is 50.6 Å². The van der Waals surface area contributed by atoms with Crippen molar-refractivity contribution in [1.82, 2.24) is 4.90 Å². The molecule has 0 bridgehead atoms. The minimum atomic E-state index is -0.473. The lowest BCUT2D eigenvalue weighted by Gasteiger charge is -2.17. The van der Waals surface area contributed by atoms with E-state index in [4.69, 9.17) is 14.2 Å². The van der Waals surface area contributed by atoms with E-state index in [0.717, 1.165) is 12.1 Å². The fraction of sp³-hybridized carbons (Fsp3) is 0.500. The van der Waals surface area contributed by atoms with Gasteiger partial charge in [-0.2, -0.15) is 0 Å². The molecule has 0 saturated carbocycles. The second-order valence-electron chi connectivity index (χ2n) is 5.10. The quantitative estimate of drug-likeness (QED) is 0.745. The summed E-state index contributed by atoms with van der Waals surface area (Å²) >= 11 is 0. The summed E-state index contributed by atoms with van der Waals surface area (Å²) < 4.78 is 15.7. The van der Waals surface area contributed by atoms with Crippen LogP contribution in [0.4, 0.5) is 0 Å². The Labute approximate surface area is 129 Å². The lowest BCUT2D eigenvalue weighted by atomic mass is 10.1. The predicted molar refractivity (Wildman–Crippen MR) is 80.4 cm³/mol. The molecule has 22 heavy (non-hydrogen) atoms. The maximum Gasteiger partial charge on any atom is 0.345 e. The van der Waals surface area contributed by atoms with Crippen molar-refractivity contribution in [3.05, 3.63) is 23.3 Å². The Morgan fingerprint density at radius 3 is 2.32 bits per heavy atom. The zero-order valence-corrected chi connectivity index (χ0v) is 13.2. The summed E-state index contributed by atoms with van der Waals surface area (Å²) in [6.07, 6.45) is 0.592. The minimum Gasteiger partial charge on any atom is -0.496 e. The normalized spacial score (nSPS) is 15.0. The predicted octanol–water partition coefficient (Wildman–Crippen LogP) is 1.66. The standard InChI is InChI=1S/C16H21NO5/c1-4-22-16(19)15-13(20-2)7-11(8-14(15)21-3)9-17-6-5-12(18)10-17/h7-8H,4-6,9-10H2,1-3H3. The van der Waals surface area contributed by atoms with E-state index >= 15 is 0 Å². The van der Waals surface area contributed by atoms with Gasteiger partial charge < -0.3 is 14.2 Å². The molecule has 1 aromatic rings. The van der Waals surface area contributed by atoms with E-state index in [0.29, 0.717) is 31.0 Å². The summed E-state index contributed by atoms with van der Waals surface area (Å²) in [4.78, 5) is 25.5. The number of hydrogen-bond donors (Lipinski definition) is 0. The molecule has 0 unspecified atom stereocenters. The maximum absolute atomic E-state index is 12.1. The summed E-state index contributed by atoms with van der Waals surface area (Å²) in [7, 11) is 3.00. The Hall–Kier alpha value is -2.08. The third-order valence-corrected chi connectivity index (χ3v) is 3.56. The number of benzene rings is 1. The molecular formula is C16H21NO5. The minimum absolute atomic E-state index is 0.252. The largest absolute Gasteiger partial charge is 0.496 e. The van der Waals surface area contributed by atoms with Gasteiger partial charge >= 0.3 is 5.97 Å². The fourth-order valence-electron chi connectivity index (χ4n) is 2.55. The zero-order valence-electron chi connectivity index (χ0n) is 13.2. The lowest BCUT2D eigenvalue weighted by molar-refractivity contribution is -0.116. The molecule has 0 aromatic heterocycles. The van der Waals surface area contributed by atoms with Crippen molar-refractivity contribution in [3.8, 4) is 11.5 Å². The topological polar surface area (TPSA) is 65.1 Å². The average Bonchev–Trinajstić information content (AvgIpc) is 2.91. The number of Topliss-reactive ketones (excluding diaryl/α,β-unsaturated/α-hetero) is 1. The molecule has 0 atom stereocenters. The number of carbonyl (C=O) groups is 2. The Balaban J connectivity index is 2.29. The number of ether oxygens (including phenoxy) is 3. The molecule has 1 heterocycles. The fourth-order valence-corrected chi connectivity index (χ4v) is 2.55. The molecule has 6 nitrogen and oxygen atoms in total. The smallest absolute Gasteiger partial charge is 0.345 e. The van der Waals surface area contributed by atoms with Crippen molar-refractivity contribution < 1.29 is 23.8 Å². The molecule has 2 rings (SSSR count). The number of nitrogens with zero attached hydrogens (tertiary/aromatic N) is 1. The van der Waals surface area contributed by atoms with Crippen LogP contribution in [-0.2, 0) is 16.1 Å². The van der Waals surface area contributed by atoms with Gasteiger partial charge in [-0.15, -0.1) is 0 Å². The molecule has 1 aromatic carbocycles. The van der Waals surface area contributed by atoms with Gasteiger partial charge in [0.15, 0.2) is 0 Å². The number of hydrogen-bond acceptors (Lipinski definition) is 6. The average molecular weight is 307 g/mol. The molecule has 0 spiro atoms. The molecule has 1 fully saturated rings. The van der Waals surface area contributed by atoms with Crippen LogP contribution < -0.4 is 9.47 Å². The van der Waals surface area contributed by atoms with Crippen LogP contribution in [0.3, 0.4) is 0 Å². The van der Waals surface area contributed by atoms with Crippen LogP contribution in [0.25, 0.3) is 0 Å². The van der Waals surface area contributed by atoms with Gasteiger partial charge in [0, 0.05) is 19.5 Å². The van der Waals surface area contributed by atoms with Crippen LogP contribution >= 0.6 is 0 Å². The molecule has 0 amide bonds. The second-order valence-corrected chi connectivity index (χ2v) is 5.10. The van der Waals surface area contributed by atoms with Crippen LogP contribution in [0.5, 0.6) is 11.5 Å². The highest BCUT2D eigenvalue weighted by molar-refractivity contribution is 5.96. The highest BCUT2D eigenvalue weighted by atomic mass is 16.5. The zero-order chi connectivity index (χ0) is 16.1. The molecule has 120 valence electrons. The first-order valence-electron chi connectivity index (χ1n) is 7.25. The summed E-state index contributed by atoms with van der Waals surface area (Å²) in [6.45, 7) is 3.85. The first-order chi connectivity index (χ1) is 10.6. The number of likely N-dealkylation sites (tertiary alicyclic amines) is 1. The molecule has 1 saturated heterocycles. The summed E-state index contributed by atoms with van der Waals surface area (Å²) in [5, 5.41) is 0. The van der Waals surface area contributed by atoms with E-state index in [1.807, 2.05) is 0 Å². The first-order valence-corrected chi connectivity index (χ1v) is 7.25. The molecule has 1 aliphatic heterocycles. The summed E-state index contributed by atoms with van der Waals surface area (Å²) in [5.41, 5.74) is 1.21. The number of ketones is 1. The monoisotopic (exact) mass is 307 g/mol. The third kappa shape index (κ3) is 3.57. The number of methoxy groups -OCH3 is 2. The molecule has 0 aliphatic carbocycles. The van der Waals surface area contributed by atoms with E-state index in [9.17, 15) is 9.59 Å². The Bertz CT molecular complexity index is 545. The van der Waals surface area contributed by atoms with E-state index < -0.39 is 5.97 Å². The first kappa shape index (κ1) is 16.3. The van der Waals surface area contributed by atoms with Gasteiger partial charge in [0.1, 0.15) is 22.8 Å². The molecule has 0 N–H and O–H groups in total. The SMILES string of the molecule is CCOC(=O)c1c(OC)cc(CN2CCC(=O)C2)cc1OC. The van der Waals surface area contributed by atoms with Gasteiger partial charge in [0.25, 0.3) is 0 Å². The lowest BCUT2D eigenvalue weighted by Crippen LogP contribution is -2.20. The van der Waals surface area contributed by atoms with Gasteiger partial charge in [-0.1, -0.05) is 0 Å². The van der Waals surface area contributed by atoms with Crippen molar-refractivity contribution in [3.63, 3.8) is 0 Å². The Morgan fingerprint density at radius 2 is 1.86 bits per heavy atom. The van der Waals surface area contributed by atoms with Crippen LogP contribution in [0.1, 0.15) is 29.3 Å². The van der Waals surface area contributed by atoms with Gasteiger partial charge in [0.05, 0.1) is 27.4 Å². The summed E-state index contributed by atoms with van der Waals surface area (Å²) in [5.74, 6) is 0.609. The summed E-state index contributed by atoms with van der Waals surface area (Å²) in [6, 6.07) is 3.58. The van der Waals surface area contributed by atoms with Crippen molar-refractivity contribution in [2.24, 2.45) is 0 Å². The number of rotatable bonds is 6. The van der Waals surface area contributed by atoms with Crippen LogP contribution in [0, 0.1) is 0 Å². The highest BCUT2D eigenvalue weighted by Gasteiger charge is 2.23. The number of carbonyl (C=O) groups excluding carboxylic acids is 2. The van der Waals surface area contributed by atoms with E-state index in [-0.39, 0.29) is 18.0 Å². The third-order valence-electron chi connectivity index (χ3n) is 3.56. The number of esters is 1.